The van der Waals surface area contributed by atoms with Crippen molar-refractivity contribution in [2.45, 2.75) is 25.9 Å². The molecule has 0 saturated carbocycles. The van der Waals surface area contributed by atoms with Gasteiger partial charge in [-0.2, -0.15) is 0 Å². The second-order valence-corrected chi connectivity index (χ2v) is 5.51. The van der Waals surface area contributed by atoms with Crippen LogP contribution in [0.1, 0.15) is 30.1 Å². The Hall–Kier alpha value is -2.12. The molecule has 1 amide bonds. The molecule has 1 aromatic rings. The van der Waals surface area contributed by atoms with E-state index in [4.69, 9.17) is 18.9 Å². The zero-order valence-electron chi connectivity index (χ0n) is 14.8. The summed E-state index contributed by atoms with van der Waals surface area (Å²) in [6.07, 6.45) is 2.09. The molecule has 25 heavy (non-hydrogen) atoms. The van der Waals surface area contributed by atoms with E-state index >= 15 is 0 Å². The number of benzene rings is 1. The van der Waals surface area contributed by atoms with E-state index in [1.807, 2.05) is 6.92 Å². The van der Waals surface area contributed by atoms with Crippen LogP contribution in [0.3, 0.4) is 0 Å². The van der Waals surface area contributed by atoms with Gasteiger partial charge in [-0.3, -0.25) is 10.1 Å². The lowest BCUT2D eigenvalue weighted by Gasteiger charge is -2.13. The van der Waals surface area contributed by atoms with Gasteiger partial charge in [0.05, 0.1) is 26.4 Å². The SMILES string of the molecule is CCOCCOC(=NCC1CCCO1)NC(=O)c1cccc(OC)c1. The summed E-state index contributed by atoms with van der Waals surface area (Å²) in [5, 5.41) is 2.71. The monoisotopic (exact) mass is 350 g/mol. The fraction of sp³-hybridized carbons (Fsp3) is 0.556. The highest BCUT2D eigenvalue weighted by Gasteiger charge is 2.16. The van der Waals surface area contributed by atoms with Crippen LogP contribution < -0.4 is 10.1 Å². The van der Waals surface area contributed by atoms with Crippen molar-refractivity contribution in [1.82, 2.24) is 5.32 Å². The first kappa shape index (κ1) is 19.2. The molecule has 0 bridgehead atoms. The number of carbonyl (C=O) groups is 1. The van der Waals surface area contributed by atoms with Crippen molar-refractivity contribution in [3.05, 3.63) is 29.8 Å². The maximum absolute atomic E-state index is 12.4. The van der Waals surface area contributed by atoms with Gasteiger partial charge in [0.15, 0.2) is 0 Å². The van der Waals surface area contributed by atoms with Crippen LogP contribution in [-0.2, 0) is 14.2 Å². The van der Waals surface area contributed by atoms with Crippen LogP contribution in [0.2, 0.25) is 0 Å². The van der Waals surface area contributed by atoms with Gasteiger partial charge >= 0.3 is 0 Å². The predicted molar refractivity (Wildman–Crippen MR) is 94.2 cm³/mol. The molecule has 1 fully saturated rings. The standard InChI is InChI=1S/C18H26N2O5/c1-3-23-10-11-25-18(19-13-16-8-5-9-24-16)20-17(21)14-6-4-7-15(12-14)22-2/h4,6-7,12,16H,3,5,8-11,13H2,1-2H3,(H,19,20,21). The Labute approximate surface area is 148 Å². The number of aliphatic imine (C=N–C) groups is 1. The van der Waals surface area contributed by atoms with E-state index in [0.29, 0.717) is 37.7 Å². The van der Waals surface area contributed by atoms with Gasteiger partial charge in [-0.05, 0) is 38.0 Å². The zero-order valence-corrected chi connectivity index (χ0v) is 14.8. The molecule has 1 heterocycles. The predicted octanol–water partition coefficient (Wildman–Crippen LogP) is 2.01. The zero-order chi connectivity index (χ0) is 17.9. The third kappa shape index (κ3) is 6.72. The summed E-state index contributed by atoms with van der Waals surface area (Å²) in [6.45, 7) is 4.50. The van der Waals surface area contributed by atoms with E-state index in [0.717, 1.165) is 19.4 Å². The summed E-state index contributed by atoms with van der Waals surface area (Å²) in [6, 6.07) is 7.08. The second kappa shape index (κ2) is 10.7. The van der Waals surface area contributed by atoms with E-state index in [-0.39, 0.29) is 18.0 Å². The van der Waals surface area contributed by atoms with E-state index in [1.165, 1.54) is 0 Å². The van der Waals surface area contributed by atoms with E-state index < -0.39 is 0 Å². The molecule has 0 aliphatic carbocycles. The van der Waals surface area contributed by atoms with Gasteiger partial charge < -0.3 is 18.9 Å². The van der Waals surface area contributed by atoms with Crippen LogP contribution in [0.15, 0.2) is 29.3 Å². The average molecular weight is 350 g/mol. The van der Waals surface area contributed by atoms with E-state index in [9.17, 15) is 4.79 Å². The van der Waals surface area contributed by atoms with Crippen molar-refractivity contribution >= 4 is 11.9 Å². The van der Waals surface area contributed by atoms with Crippen molar-refractivity contribution in [3.63, 3.8) is 0 Å². The molecule has 1 atom stereocenters. The Bertz CT molecular complexity index is 570. The number of amides is 1. The highest BCUT2D eigenvalue weighted by atomic mass is 16.5. The molecule has 1 aliphatic heterocycles. The topological polar surface area (TPSA) is 78.4 Å². The fourth-order valence-electron chi connectivity index (χ4n) is 2.37. The molecule has 1 saturated heterocycles. The van der Waals surface area contributed by atoms with Gasteiger partial charge in [-0.15, -0.1) is 0 Å². The third-order valence-corrected chi connectivity index (χ3v) is 3.69. The Morgan fingerprint density at radius 1 is 1.40 bits per heavy atom. The molecule has 1 aliphatic rings. The number of ether oxygens (including phenoxy) is 4. The number of carbonyl (C=O) groups excluding carboxylic acids is 1. The normalized spacial score (nSPS) is 17.4. The third-order valence-electron chi connectivity index (χ3n) is 3.69. The van der Waals surface area contributed by atoms with Gasteiger partial charge in [0.1, 0.15) is 12.4 Å². The molecule has 1 N–H and O–H groups in total. The van der Waals surface area contributed by atoms with Crippen molar-refractivity contribution in [2.75, 3.05) is 40.1 Å². The molecule has 0 spiro atoms. The number of hydrogen-bond acceptors (Lipinski definition) is 6. The molecule has 2 rings (SSSR count). The lowest BCUT2D eigenvalue weighted by atomic mass is 10.2. The first-order valence-corrected chi connectivity index (χ1v) is 8.55. The molecule has 0 radical (unpaired) electrons. The minimum atomic E-state index is -0.304. The molecular formula is C18H26N2O5. The van der Waals surface area contributed by atoms with Crippen LogP contribution in [-0.4, -0.2) is 58.1 Å². The van der Waals surface area contributed by atoms with Gasteiger partial charge in [-0.1, -0.05) is 6.07 Å². The van der Waals surface area contributed by atoms with Gasteiger partial charge in [0.25, 0.3) is 11.9 Å². The average Bonchev–Trinajstić information content (AvgIpc) is 3.16. The molecule has 0 aromatic heterocycles. The summed E-state index contributed by atoms with van der Waals surface area (Å²) in [4.78, 5) is 16.8. The summed E-state index contributed by atoms with van der Waals surface area (Å²) in [7, 11) is 1.56. The molecule has 7 nitrogen and oxygen atoms in total. The molecule has 1 unspecified atom stereocenters. The quantitative estimate of drug-likeness (QED) is 0.441. The summed E-state index contributed by atoms with van der Waals surface area (Å²) < 4.78 is 21.5. The van der Waals surface area contributed by atoms with Crippen molar-refractivity contribution < 1.29 is 23.7 Å². The number of rotatable bonds is 8. The van der Waals surface area contributed by atoms with Crippen LogP contribution in [0.4, 0.5) is 0 Å². The minimum Gasteiger partial charge on any atom is -0.497 e. The minimum absolute atomic E-state index is 0.0826. The van der Waals surface area contributed by atoms with Gasteiger partial charge in [0.2, 0.25) is 0 Å². The molecule has 138 valence electrons. The highest BCUT2D eigenvalue weighted by Crippen LogP contribution is 2.13. The largest absolute Gasteiger partial charge is 0.497 e. The number of nitrogens with zero attached hydrogens (tertiary/aromatic N) is 1. The van der Waals surface area contributed by atoms with Gasteiger partial charge in [-0.25, -0.2) is 4.99 Å². The summed E-state index contributed by atoms with van der Waals surface area (Å²) in [5.74, 6) is 0.309. The van der Waals surface area contributed by atoms with Crippen LogP contribution in [0.25, 0.3) is 0 Å². The Balaban J connectivity index is 1.96. The number of methoxy groups -OCH3 is 1. The first-order valence-electron chi connectivity index (χ1n) is 8.55. The van der Waals surface area contributed by atoms with Crippen molar-refractivity contribution in [3.8, 4) is 5.75 Å². The van der Waals surface area contributed by atoms with Crippen molar-refractivity contribution in [2.24, 2.45) is 4.99 Å². The summed E-state index contributed by atoms with van der Waals surface area (Å²) >= 11 is 0. The second-order valence-electron chi connectivity index (χ2n) is 5.51. The van der Waals surface area contributed by atoms with E-state index in [1.54, 1.807) is 31.4 Å². The van der Waals surface area contributed by atoms with Crippen LogP contribution in [0, 0.1) is 0 Å². The maximum Gasteiger partial charge on any atom is 0.291 e. The highest BCUT2D eigenvalue weighted by molar-refractivity contribution is 6.04. The maximum atomic E-state index is 12.4. The van der Waals surface area contributed by atoms with Crippen molar-refractivity contribution in [1.29, 1.82) is 0 Å². The lowest BCUT2D eigenvalue weighted by molar-refractivity contribution is 0.0913. The Morgan fingerprint density at radius 3 is 3.00 bits per heavy atom. The molecule has 1 aromatic carbocycles. The first-order chi connectivity index (χ1) is 12.2. The number of amidine groups is 1. The Morgan fingerprint density at radius 2 is 2.28 bits per heavy atom. The van der Waals surface area contributed by atoms with Gasteiger partial charge in [0, 0.05) is 18.8 Å². The Kier molecular flexibility index (Phi) is 8.21. The number of hydrogen-bond donors (Lipinski definition) is 1. The number of nitrogens with one attached hydrogen (secondary N) is 1. The molecular weight excluding hydrogens is 324 g/mol. The fourth-order valence-corrected chi connectivity index (χ4v) is 2.37. The van der Waals surface area contributed by atoms with E-state index in [2.05, 4.69) is 10.3 Å². The summed E-state index contributed by atoms with van der Waals surface area (Å²) in [5.41, 5.74) is 0.470. The smallest absolute Gasteiger partial charge is 0.291 e. The van der Waals surface area contributed by atoms with Crippen LogP contribution in [0.5, 0.6) is 5.75 Å². The molecule has 7 heteroatoms. The van der Waals surface area contributed by atoms with Crippen LogP contribution >= 0.6 is 0 Å². The lowest BCUT2D eigenvalue weighted by Crippen LogP contribution is -2.34.